The zero-order chi connectivity index (χ0) is 21.8. The van der Waals surface area contributed by atoms with Gasteiger partial charge in [0.15, 0.2) is 28.8 Å². The molecule has 0 bridgehead atoms. The summed E-state index contributed by atoms with van der Waals surface area (Å²) in [6.45, 7) is 1.17. The topological polar surface area (TPSA) is 156 Å². The number of ketones is 2. The third-order valence-corrected chi connectivity index (χ3v) is 4.26. The van der Waals surface area contributed by atoms with E-state index in [0.717, 1.165) is 12.2 Å². The quantitative estimate of drug-likeness (QED) is 0.233. The highest BCUT2D eigenvalue weighted by molar-refractivity contribution is 6.05. The molecule has 0 aliphatic carbocycles. The molecule has 29 heavy (non-hydrogen) atoms. The average Bonchev–Trinajstić information content (AvgIpc) is 2.68. The summed E-state index contributed by atoms with van der Waals surface area (Å²) in [5.74, 6) is -7.86. The van der Waals surface area contributed by atoms with Gasteiger partial charge in [0.2, 0.25) is 11.6 Å². The number of hydrogen-bond donors (Lipinski definition) is 6. The van der Waals surface area contributed by atoms with Gasteiger partial charge in [-0.1, -0.05) is 24.3 Å². The van der Waals surface area contributed by atoms with Gasteiger partial charge in [0.05, 0.1) is 5.92 Å². The minimum atomic E-state index is -2.98. The Bertz CT molecular complexity index is 988. The molecule has 0 saturated heterocycles. The van der Waals surface area contributed by atoms with Crippen LogP contribution in [-0.2, 0) is 9.59 Å². The summed E-state index contributed by atoms with van der Waals surface area (Å²) in [7, 11) is 0. The molecule has 8 nitrogen and oxygen atoms in total. The Morgan fingerprint density at radius 2 is 1.24 bits per heavy atom. The molecule has 152 valence electrons. The van der Waals surface area contributed by atoms with Gasteiger partial charge in [-0.2, -0.15) is 0 Å². The number of allylic oxidation sites excluding steroid dienone is 1. The van der Waals surface area contributed by atoms with E-state index >= 15 is 0 Å². The Morgan fingerprint density at radius 3 is 1.69 bits per heavy atom. The largest absolute Gasteiger partial charge is 0.504 e. The molecule has 0 amide bonds. The van der Waals surface area contributed by atoms with Gasteiger partial charge in [0, 0.05) is 0 Å². The number of phenolic OH excluding ortho intramolecular Hbond substituents is 4. The summed E-state index contributed by atoms with van der Waals surface area (Å²) in [4.78, 5) is 24.4. The van der Waals surface area contributed by atoms with E-state index < -0.39 is 29.0 Å². The molecule has 0 aromatic heterocycles. The maximum Gasteiger partial charge on any atom is 0.238 e. The number of phenols is 4. The van der Waals surface area contributed by atoms with Crippen molar-refractivity contribution in [1.29, 1.82) is 0 Å². The lowest BCUT2D eigenvalue weighted by Gasteiger charge is -2.23. The van der Waals surface area contributed by atoms with Crippen LogP contribution in [0.1, 0.15) is 18.1 Å². The van der Waals surface area contributed by atoms with Crippen LogP contribution in [0.5, 0.6) is 23.0 Å². The summed E-state index contributed by atoms with van der Waals surface area (Å²) < 4.78 is 0. The smallest absolute Gasteiger partial charge is 0.238 e. The fourth-order valence-electron chi connectivity index (χ4n) is 2.32. The van der Waals surface area contributed by atoms with Crippen molar-refractivity contribution in [2.75, 3.05) is 0 Å². The van der Waals surface area contributed by atoms with Gasteiger partial charge in [-0.15, -0.1) is 0 Å². The third kappa shape index (κ3) is 5.22. The molecule has 0 aliphatic rings. The minimum absolute atomic E-state index is 0.315. The van der Waals surface area contributed by atoms with Crippen molar-refractivity contribution in [2.24, 2.45) is 5.92 Å². The zero-order valence-electron chi connectivity index (χ0n) is 15.4. The van der Waals surface area contributed by atoms with E-state index in [0.29, 0.717) is 11.1 Å². The average molecular weight is 400 g/mol. The van der Waals surface area contributed by atoms with E-state index in [1.165, 1.54) is 55.5 Å². The predicted molar refractivity (Wildman–Crippen MR) is 104 cm³/mol. The van der Waals surface area contributed by atoms with Crippen LogP contribution in [0, 0.1) is 5.92 Å². The number of carbonyl (C=O) groups is 2. The lowest BCUT2D eigenvalue weighted by Crippen LogP contribution is -2.46. The Hall–Kier alpha value is -3.62. The van der Waals surface area contributed by atoms with E-state index in [1.54, 1.807) is 0 Å². The lowest BCUT2D eigenvalue weighted by atomic mass is 9.91. The third-order valence-electron chi connectivity index (χ3n) is 4.26. The van der Waals surface area contributed by atoms with Crippen LogP contribution in [0.15, 0.2) is 48.6 Å². The summed E-state index contributed by atoms with van der Waals surface area (Å²) >= 11 is 0. The Labute approximate surface area is 165 Å². The monoisotopic (exact) mass is 400 g/mol. The summed E-state index contributed by atoms with van der Waals surface area (Å²) in [5.41, 5.74) is 0.691. The van der Waals surface area contributed by atoms with Gasteiger partial charge >= 0.3 is 0 Å². The number of carbonyl (C=O) groups excluding carboxylic acids is 2. The number of aliphatic hydroxyl groups is 2. The van der Waals surface area contributed by atoms with E-state index in [-0.39, 0.29) is 17.2 Å². The van der Waals surface area contributed by atoms with Crippen molar-refractivity contribution in [1.82, 2.24) is 0 Å². The van der Waals surface area contributed by atoms with Crippen LogP contribution in [0.4, 0.5) is 0 Å². The molecule has 0 saturated carbocycles. The molecule has 2 aromatic carbocycles. The second kappa shape index (κ2) is 8.59. The molecule has 8 heteroatoms. The molecule has 2 aromatic rings. The summed E-state index contributed by atoms with van der Waals surface area (Å²) in [5, 5.41) is 57.6. The molecular formula is C21H20O8. The Morgan fingerprint density at radius 1 is 0.793 bits per heavy atom. The molecule has 0 heterocycles. The molecule has 0 fully saturated rings. The van der Waals surface area contributed by atoms with Gasteiger partial charge in [-0.05, 0) is 54.5 Å². The fourth-order valence-corrected chi connectivity index (χ4v) is 2.32. The number of rotatable bonds is 7. The number of benzene rings is 2. The van der Waals surface area contributed by atoms with Crippen LogP contribution in [-0.4, -0.2) is 48.0 Å². The van der Waals surface area contributed by atoms with E-state index in [2.05, 4.69) is 0 Å². The van der Waals surface area contributed by atoms with Crippen LogP contribution >= 0.6 is 0 Å². The van der Waals surface area contributed by atoms with Crippen molar-refractivity contribution in [3.8, 4) is 23.0 Å². The predicted octanol–water partition coefficient (Wildman–Crippen LogP) is 1.69. The van der Waals surface area contributed by atoms with Crippen molar-refractivity contribution < 1.29 is 40.2 Å². The lowest BCUT2D eigenvalue weighted by molar-refractivity contribution is -0.196. The van der Waals surface area contributed by atoms with Crippen molar-refractivity contribution in [3.05, 3.63) is 59.7 Å². The second-order valence-corrected chi connectivity index (χ2v) is 6.38. The van der Waals surface area contributed by atoms with Crippen molar-refractivity contribution in [2.45, 2.75) is 12.7 Å². The maximum atomic E-state index is 12.2. The number of hydrogen-bond acceptors (Lipinski definition) is 8. The molecule has 0 aliphatic heterocycles. The first kappa shape index (κ1) is 21.7. The highest BCUT2D eigenvalue weighted by atomic mass is 16.5. The van der Waals surface area contributed by atoms with Gasteiger partial charge < -0.3 is 30.6 Å². The molecular weight excluding hydrogens is 380 g/mol. The van der Waals surface area contributed by atoms with E-state index in [9.17, 15) is 40.2 Å². The fraction of sp³-hybridized carbons (Fsp3) is 0.143. The molecule has 6 N–H and O–H groups in total. The molecule has 0 radical (unpaired) electrons. The summed E-state index contributed by atoms with van der Waals surface area (Å²) in [6.07, 6.45) is 4.34. The molecule has 2 rings (SSSR count). The Kier molecular flexibility index (Phi) is 6.42. The molecule has 0 spiro atoms. The zero-order valence-corrected chi connectivity index (χ0v) is 15.4. The highest BCUT2D eigenvalue weighted by Crippen LogP contribution is 2.27. The Balaban J connectivity index is 2.11. The van der Waals surface area contributed by atoms with Crippen LogP contribution in [0.25, 0.3) is 12.2 Å². The second-order valence-electron chi connectivity index (χ2n) is 6.38. The highest BCUT2D eigenvalue weighted by Gasteiger charge is 2.41. The number of aromatic hydroxyl groups is 4. The van der Waals surface area contributed by atoms with Gasteiger partial charge in [0.1, 0.15) is 0 Å². The van der Waals surface area contributed by atoms with Crippen LogP contribution in [0.3, 0.4) is 0 Å². The minimum Gasteiger partial charge on any atom is -0.504 e. The standard InChI is InChI=1S/C21H20O8/c1-12(15(22)6-2-13-3-7-16(23)18(25)10-13)21(28,29)20(27)9-5-14-4-8-17(24)19(26)11-14/h2-12,23-26,28-29H,1H3. The van der Waals surface area contributed by atoms with Gasteiger partial charge in [-0.3, -0.25) is 9.59 Å². The van der Waals surface area contributed by atoms with Crippen molar-refractivity contribution in [3.63, 3.8) is 0 Å². The SMILES string of the molecule is CC(C(=O)C=Cc1ccc(O)c(O)c1)C(O)(O)C(=O)C=Cc1ccc(O)c(O)c1. The maximum absolute atomic E-state index is 12.2. The van der Waals surface area contributed by atoms with Crippen molar-refractivity contribution >= 4 is 23.7 Å². The summed E-state index contributed by atoms with van der Waals surface area (Å²) in [6, 6.07) is 7.61. The van der Waals surface area contributed by atoms with Crippen LogP contribution < -0.4 is 0 Å². The normalized spacial score (nSPS) is 13.1. The first-order chi connectivity index (χ1) is 13.5. The molecule has 1 atom stereocenters. The first-order valence-corrected chi connectivity index (χ1v) is 8.45. The van der Waals surface area contributed by atoms with Gasteiger partial charge in [-0.25, -0.2) is 0 Å². The first-order valence-electron chi connectivity index (χ1n) is 8.45. The van der Waals surface area contributed by atoms with E-state index in [4.69, 9.17) is 0 Å². The van der Waals surface area contributed by atoms with E-state index in [1.807, 2.05) is 0 Å². The van der Waals surface area contributed by atoms with Gasteiger partial charge in [0.25, 0.3) is 0 Å². The van der Waals surface area contributed by atoms with Crippen LogP contribution in [0.2, 0.25) is 0 Å². The molecule has 1 unspecified atom stereocenters.